The van der Waals surface area contributed by atoms with Gasteiger partial charge >= 0.3 is 0 Å². The number of amides is 2. The van der Waals surface area contributed by atoms with Gasteiger partial charge in [-0.3, -0.25) is 9.59 Å². The van der Waals surface area contributed by atoms with Crippen molar-refractivity contribution in [2.45, 2.75) is 32.5 Å². The molecule has 2 atom stereocenters. The Balaban J connectivity index is 2.27. The highest BCUT2D eigenvalue weighted by Crippen LogP contribution is 2.20. The zero-order chi connectivity index (χ0) is 14.2. The van der Waals surface area contributed by atoms with Crippen LogP contribution in [0.2, 0.25) is 0 Å². The van der Waals surface area contributed by atoms with E-state index in [4.69, 9.17) is 0 Å². The molecule has 0 spiro atoms. The van der Waals surface area contributed by atoms with Crippen LogP contribution in [0.15, 0.2) is 22.7 Å². The standard InChI is InChI=1S/C13H14BrFN2O2/c1-7-13(19)17(8(2)12(18)16-7)6-9-5-10(14)3-4-11(9)15/h3-5,7-8H,6H2,1-2H3,(H,16,18). The van der Waals surface area contributed by atoms with Gasteiger partial charge in [0.2, 0.25) is 11.8 Å². The summed E-state index contributed by atoms with van der Waals surface area (Å²) in [5.41, 5.74) is 0.386. The molecule has 0 aromatic heterocycles. The van der Waals surface area contributed by atoms with Gasteiger partial charge in [0.1, 0.15) is 17.9 Å². The minimum absolute atomic E-state index is 0.0863. The van der Waals surface area contributed by atoms with E-state index in [-0.39, 0.29) is 24.2 Å². The molecule has 1 aliphatic rings. The lowest BCUT2D eigenvalue weighted by Gasteiger charge is -2.36. The molecule has 2 rings (SSSR count). The first-order valence-corrected chi connectivity index (χ1v) is 6.74. The van der Waals surface area contributed by atoms with E-state index in [1.54, 1.807) is 26.0 Å². The molecule has 0 aliphatic carbocycles. The summed E-state index contributed by atoms with van der Waals surface area (Å²) in [6, 6.07) is 3.38. The van der Waals surface area contributed by atoms with Gasteiger partial charge in [-0.1, -0.05) is 15.9 Å². The topological polar surface area (TPSA) is 49.4 Å². The third-order valence-electron chi connectivity index (χ3n) is 3.21. The first-order valence-electron chi connectivity index (χ1n) is 5.95. The molecule has 1 aromatic carbocycles. The van der Waals surface area contributed by atoms with E-state index in [9.17, 15) is 14.0 Å². The van der Waals surface area contributed by atoms with Gasteiger partial charge in [0.15, 0.2) is 0 Å². The van der Waals surface area contributed by atoms with E-state index >= 15 is 0 Å². The average molecular weight is 329 g/mol. The van der Waals surface area contributed by atoms with Crippen LogP contribution in [0.25, 0.3) is 0 Å². The normalized spacial score (nSPS) is 23.5. The highest BCUT2D eigenvalue weighted by atomic mass is 79.9. The zero-order valence-electron chi connectivity index (χ0n) is 10.6. The minimum atomic E-state index is -0.595. The predicted molar refractivity (Wildman–Crippen MR) is 71.7 cm³/mol. The van der Waals surface area contributed by atoms with E-state index in [1.807, 2.05) is 0 Å². The second-order valence-electron chi connectivity index (χ2n) is 4.61. The lowest BCUT2D eigenvalue weighted by molar-refractivity contribution is -0.148. The van der Waals surface area contributed by atoms with Crippen molar-refractivity contribution in [3.05, 3.63) is 34.1 Å². The number of nitrogens with zero attached hydrogens (tertiary/aromatic N) is 1. The molecular formula is C13H14BrFN2O2. The first kappa shape index (κ1) is 14.0. The highest BCUT2D eigenvalue weighted by molar-refractivity contribution is 9.10. The summed E-state index contributed by atoms with van der Waals surface area (Å²) in [6.45, 7) is 3.34. The summed E-state index contributed by atoms with van der Waals surface area (Å²) < 4.78 is 14.4. The summed E-state index contributed by atoms with van der Waals surface area (Å²) in [4.78, 5) is 25.2. The Labute approximate surface area is 119 Å². The van der Waals surface area contributed by atoms with Gasteiger partial charge in [0, 0.05) is 16.6 Å². The Morgan fingerprint density at radius 3 is 2.74 bits per heavy atom. The second-order valence-corrected chi connectivity index (χ2v) is 5.52. The summed E-state index contributed by atoms with van der Waals surface area (Å²) in [5, 5.41) is 2.59. The number of halogens is 2. The average Bonchev–Trinajstić information content (AvgIpc) is 2.36. The number of nitrogens with one attached hydrogen (secondary N) is 1. The van der Waals surface area contributed by atoms with Crippen LogP contribution in [0.1, 0.15) is 19.4 Å². The van der Waals surface area contributed by atoms with E-state index < -0.39 is 12.1 Å². The molecule has 1 saturated heterocycles. The quantitative estimate of drug-likeness (QED) is 0.900. The van der Waals surface area contributed by atoms with Crippen LogP contribution in [0, 0.1) is 5.82 Å². The van der Waals surface area contributed by atoms with Crippen LogP contribution in [-0.2, 0) is 16.1 Å². The van der Waals surface area contributed by atoms with Crippen LogP contribution in [0.3, 0.4) is 0 Å². The molecule has 0 bridgehead atoms. The van der Waals surface area contributed by atoms with E-state index in [2.05, 4.69) is 21.2 Å². The van der Waals surface area contributed by atoms with Crippen molar-refractivity contribution in [2.24, 2.45) is 0 Å². The van der Waals surface area contributed by atoms with Crippen LogP contribution in [0.4, 0.5) is 4.39 Å². The second kappa shape index (κ2) is 5.28. The molecule has 0 saturated carbocycles. The Bertz CT molecular complexity index is 535. The van der Waals surface area contributed by atoms with Gasteiger partial charge in [-0.05, 0) is 32.0 Å². The van der Waals surface area contributed by atoms with E-state index in [0.29, 0.717) is 5.56 Å². The Hall–Kier alpha value is -1.43. The summed E-state index contributed by atoms with van der Waals surface area (Å²) >= 11 is 3.27. The molecule has 1 aromatic rings. The van der Waals surface area contributed by atoms with Crippen molar-refractivity contribution >= 4 is 27.7 Å². The Kier molecular flexibility index (Phi) is 3.89. The number of hydrogen-bond donors (Lipinski definition) is 1. The van der Waals surface area contributed by atoms with Crippen LogP contribution in [-0.4, -0.2) is 28.8 Å². The highest BCUT2D eigenvalue weighted by Gasteiger charge is 2.35. The number of hydrogen-bond acceptors (Lipinski definition) is 2. The number of rotatable bonds is 2. The van der Waals surface area contributed by atoms with Gasteiger partial charge in [-0.15, -0.1) is 0 Å². The minimum Gasteiger partial charge on any atom is -0.343 e. The molecule has 1 N–H and O–H groups in total. The fourth-order valence-corrected chi connectivity index (χ4v) is 2.45. The smallest absolute Gasteiger partial charge is 0.245 e. The molecular weight excluding hydrogens is 315 g/mol. The molecule has 102 valence electrons. The van der Waals surface area contributed by atoms with Crippen molar-refractivity contribution in [3.8, 4) is 0 Å². The predicted octanol–water partition coefficient (Wildman–Crippen LogP) is 1.82. The van der Waals surface area contributed by atoms with Crippen molar-refractivity contribution in [1.82, 2.24) is 10.2 Å². The molecule has 4 nitrogen and oxygen atoms in total. The molecule has 19 heavy (non-hydrogen) atoms. The largest absolute Gasteiger partial charge is 0.343 e. The first-order chi connectivity index (χ1) is 8.90. The molecule has 1 fully saturated rings. The molecule has 6 heteroatoms. The number of carbonyl (C=O) groups is 2. The Morgan fingerprint density at radius 1 is 1.37 bits per heavy atom. The maximum absolute atomic E-state index is 13.7. The lowest BCUT2D eigenvalue weighted by Crippen LogP contribution is -2.61. The van der Waals surface area contributed by atoms with Crippen molar-refractivity contribution in [3.63, 3.8) is 0 Å². The third-order valence-corrected chi connectivity index (χ3v) is 3.70. The van der Waals surface area contributed by atoms with E-state index in [0.717, 1.165) is 4.47 Å². The summed E-state index contributed by atoms with van der Waals surface area (Å²) in [5.74, 6) is -0.809. The van der Waals surface area contributed by atoms with Crippen molar-refractivity contribution in [1.29, 1.82) is 0 Å². The summed E-state index contributed by atoms with van der Waals surface area (Å²) in [6.07, 6.45) is 0. The molecule has 0 radical (unpaired) electrons. The summed E-state index contributed by atoms with van der Waals surface area (Å²) in [7, 11) is 0. The number of piperazine rings is 1. The lowest BCUT2D eigenvalue weighted by atomic mass is 10.1. The van der Waals surface area contributed by atoms with Crippen LogP contribution >= 0.6 is 15.9 Å². The van der Waals surface area contributed by atoms with Gasteiger partial charge in [0.25, 0.3) is 0 Å². The fourth-order valence-electron chi connectivity index (χ4n) is 2.04. The van der Waals surface area contributed by atoms with Crippen molar-refractivity contribution < 1.29 is 14.0 Å². The van der Waals surface area contributed by atoms with Gasteiger partial charge in [-0.2, -0.15) is 0 Å². The Morgan fingerprint density at radius 2 is 2.05 bits per heavy atom. The van der Waals surface area contributed by atoms with Crippen LogP contribution < -0.4 is 5.32 Å². The van der Waals surface area contributed by atoms with E-state index in [1.165, 1.54) is 11.0 Å². The molecule has 2 amide bonds. The molecule has 2 unspecified atom stereocenters. The van der Waals surface area contributed by atoms with Crippen LogP contribution in [0.5, 0.6) is 0 Å². The molecule has 1 aliphatic heterocycles. The maximum atomic E-state index is 13.7. The number of benzene rings is 1. The SMILES string of the molecule is CC1NC(=O)C(C)N(Cc2cc(Br)ccc2F)C1=O. The number of carbonyl (C=O) groups excluding carboxylic acids is 2. The van der Waals surface area contributed by atoms with Gasteiger partial charge < -0.3 is 10.2 Å². The third kappa shape index (κ3) is 2.78. The van der Waals surface area contributed by atoms with Gasteiger partial charge in [-0.25, -0.2) is 4.39 Å². The zero-order valence-corrected chi connectivity index (χ0v) is 12.2. The van der Waals surface area contributed by atoms with Gasteiger partial charge in [0.05, 0.1) is 0 Å². The molecule has 1 heterocycles. The maximum Gasteiger partial charge on any atom is 0.245 e. The monoisotopic (exact) mass is 328 g/mol. The fraction of sp³-hybridized carbons (Fsp3) is 0.385. The van der Waals surface area contributed by atoms with Crippen molar-refractivity contribution in [2.75, 3.05) is 0 Å².